The number of nitrogens with one attached hydrogen (secondary N) is 1. The SMILES string of the molecule is Cc1csc(=O)n1CCC(=O)N1CCNC[C@@H]1C.Cl. The molecule has 0 radical (unpaired) electrons. The molecule has 108 valence electrons. The van der Waals surface area contributed by atoms with Crippen LogP contribution in [0.2, 0.25) is 0 Å². The number of amides is 1. The van der Waals surface area contributed by atoms with Crippen molar-refractivity contribution in [2.24, 2.45) is 0 Å². The van der Waals surface area contributed by atoms with Crippen LogP contribution in [0.5, 0.6) is 0 Å². The molecule has 1 fully saturated rings. The number of carbonyl (C=O) groups is 1. The van der Waals surface area contributed by atoms with Crippen molar-refractivity contribution in [1.82, 2.24) is 14.8 Å². The molecule has 0 saturated carbocycles. The summed E-state index contributed by atoms with van der Waals surface area (Å²) in [5.41, 5.74) is 0.936. The van der Waals surface area contributed by atoms with Crippen molar-refractivity contribution in [1.29, 1.82) is 0 Å². The highest BCUT2D eigenvalue weighted by Gasteiger charge is 2.22. The molecule has 1 aliphatic heterocycles. The van der Waals surface area contributed by atoms with Crippen LogP contribution in [0, 0.1) is 6.92 Å². The summed E-state index contributed by atoms with van der Waals surface area (Å²) in [4.78, 5) is 25.6. The van der Waals surface area contributed by atoms with Crippen LogP contribution in [0.1, 0.15) is 19.0 Å². The van der Waals surface area contributed by atoms with Crippen molar-refractivity contribution >= 4 is 29.7 Å². The number of hydrogen-bond donors (Lipinski definition) is 1. The molecule has 1 aliphatic rings. The summed E-state index contributed by atoms with van der Waals surface area (Å²) >= 11 is 1.19. The van der Waals surface area contributed by atoms with Crippen LogP contribution in [0.4, 0.5) is 0 Å². The predicted octanol–water partition coefficient (Wildman–Crippen LogP) is 0.850. The molecule has 2 rings (SSSR count). The maximum atomic E-state index is 12.1. The second-order valence-electron chi connectivity index (χ2n) is 4.68. The molecule has 0 spiro atoms. The minimum Gasteiger partial charge on any atom is -0.337 e. The Labute approximate surface area is 123 Å². The maximum Gasteiger partial charge on any atom is 0.307 e. The number of thiazole rings is 1. The average Bonchev–Trinajstić information content (AvgIpc) is 2.67. The number of aromatic nitrogens is 1. The van der Waals surface area contributed by atoms with Gasteiger partial charge >= 0.3 is 4.87 Å². The second-order valence-corrected chi connectivity index (χ2v) is 5.51. The van der Waals surface area contributed by atoms with E-state index in [2.05, 4.69) is 5.32 Å². The first-order valence-corrected chi connectivity index (χ1v) is 7.12. The molecule has 1 aromatic heterocycles. The molecule has 5 nitrogen and oxygen atoms in total. The van der Waals surface area contributed by atoms with E-state index in [1.807, 2.05) is 24.1 Å². The van der Waals surface area contributed by atoms with Gasteiger partial charge in [0.2, 0.25) is 5.91 Å². The third-order valence-electron chi connectivity index (χ3n) is 3.35. The summed E-state index contributed by atoms with van der Waals surface area (Å²) in [6.07, 6.45) is 0.405. The Bertz CT molecular complexity index is 486. The summed E-state index contributed by atoms with van der Waals surface area (Å²) in [5, 5.41) is 5.09. The Balaban J connectivity index is 0.00000180. The van der Waals surface area contributed by atoms with Gasteiger partial charge in [-0.25, -0.2) is 0 Å². The zero-order valence-corrected chi connectivity index (χ0v) is 12.9. The molecule has 1 aromatic rings. The lowest BCUT2D eigenvalue weighted by atomic mass is 10.2. The van der Waals surface area contributed by atoms with E-state index in [4.69, 9.17) is 0 Å². The fraction of sp³-hybridized carbons (Fsp3) is 0.667. The molecular formula is C12H20ClN3O2S. The highest BCUT2D eigenvalue weighted by atomic mass is 35.5. The second kappa shape index (κ2) is 7.07. The quantitative estimate of drug-likeness (QED) is 0.901. The number of halogens is 1. The van der Waals surface area contributed by atoms with Gasteiger partial charge in [-0.05, 0) is 13.8 Å². The first kappa shape index (κ1) is 16.2. The molecule has 1 amide bonds. The molecule has 0 aromatic carbocycles. The maximum absolute atomic E-state index is 12.1. The Hall–Kier alpha value is -0.850. The van der Waals surface area contributed by atoms with E-state index in [1.165, 1.54) is 11.3 Å². The van der Waals surface area contributed by atoms with Crippen LogP contribution in [0.3, 0.4) is 0 Å². The molecule has 0 aliphatic carbocycles. The molecule has 19 heavy (non-hydrogen) atoms. The van der Waals surface area contributed by atoms with Gasteiger partial charge in [-0.15, -0.1) is 12.4 Å². The monoisotopic (exact) mass is 305 g/mol. The number of aryl methyl sites for hydroxylation is 1. The van der Waals surface area contributed by atoms with Gasteiger partial charge in [0.1, 0.15) is 0 Å². The summed E-state index contributed by atoms with van der Waals surface area (Å²) < 4.78 is 1.68. The minimum atomic E-state index is 0. The van der Waals surface area contributed by atoms with Gasteiger partial charge in [-0.1, -0.05) is 11.3 Å². The van der Waals surface area contributed by atoms with Gasteiger partial charge in [0.25, 0.3) is 0 Å². The number of hydrogen-bond acceptors (Lipinski definition) is 4. The third kappa shape index (κ3) is 3.81. The van der Waals surface area contributed by atoms with Crippen molar-refractivity contribution < 1.29 is 4.79 Å². The van der Waals surface area contributed by atoms with Gasteiger partial charge in [0, 0.05) is 49.7 Å². The first-order chi connectivity index (χ1) is 8.59. The van der Waals surface area contributed by atoms with Gasteiger partial charge in [0.05, 0.1) is 0 Å². The van der Waals surface area contributed by atoms with E-state index in [1.54, 1.807) is 4.57 Å². The van der Waals surface area contributed by atoms with Crippen molar-refractivity contribution in [3.63, 3.8) is 0 Å². The topological polar surface area (TPSA) is 54.3 Å². The summed E-state index contributed by atoms with van der Waals surface area (Å²) in [5.74, 6) is 0.140. The number of rotatable bonds is 3. The van der Waals surface area contributed by atoms with E-state index in [0.29, 0.717) is 13.0 Å². The van der Waals surface area contributed by atoms with Crippen LogP contribution in [-0.2, 0) is 11.3 Å². The lowest BCUT2D eigenvalue weighted by Gasteiger charge is -2.34. The fourth-order valence-electron chi connectivity index (χ4n) is 2.24. The first-order valence-electron chi connectivity index (χ1n) is 6.24. The van der Waals surface area contributed by atoms with E-state index >= 15 is 0 Å². The average molecular weight is 306 g/mol. The molecule has 1 atom stereocenters. The standard InChI is InChI=1S/C12H19N3O2S.ClH/c1-9-7-13-4-6-14(9)11(16)3-5-15-10(2)8-18-12(15)17;/h8-9,13H,3-7H2,1-2H3;1H/t9-;/m0./s1. The molecule has 2 heterocycles. The number of piperazine rings is 1. The summed E-state index contributed by atoms with van der Waals surface area (Å²) in [7, 11) is 0. The lowest BCUT2D eigenvalue weighted by molar-refractivity contribution is -0.134. The van der Waals surface area contributed by atoms with E-state index in [0.717, 1.165) is 25.3 Å². The molecule has 0 bridgehead atoms. The van der Waals surface area contributed by atoms with Crippen LogP contribution >= 0.6 is 23.7 Å². The zero-order chi connectivity index (χ0) is 13.1. The Morgan fingerprint density at radius 2 is 2.32 bits per heavy atom. The summed E-state index contributed by atoms with van der Waals surface area (Å²) in [6.45, 7) is 6.90. The van der Waals surface area contributed by atoms with Crippen LogP contribution in [0.25, 0.3) is 0 Å². The van der Waals surface area contributed by atoms with Crippen molar-refractivity contribution in [2.45, 2.75) is 32.9 Å². The van der Waals surface area contributed by atoms with E-state index in [9.17, 15) is 9.59 Å². The molecule has 0 unspecified atom stereocenters. The highest BCUT2D eigenvalue weighted by molar-refractivity contribution is 7.07. The fourth-order valence-corrected chi connectivity index (χ4v) is 3.00. The van der Waals surface area contributed by atoms with E-state index < -0.39 is 0 Å². The molecule has 7 heteroatoms. The normalized spacial score (nSPS) is 19.1. The van der Waals surface area contributed by atoms with E-state index in [-0.39, 0.29) is 29.2 Å². The molecular weight excluding hydrogens is 286 g/mol. The predicted molar refractivity (Wildman–Crippen MR) is 79.2 cm³/mol. The van der Waals surface area contributed by atoms with Crippen LogP contribution in [0.15, 0.2) is 10.2 Å². The smallest absolute Gasteiger partial charge is 0.307 e. The summed E-state index contributed by atoms with van der Waals surface area (Å²) in [6, 6.07) is 0.242. The zero-order valence-electron chi connectivity index (χ0n) is 11.2. The van der Waals surface area contributed by atoms with Gasteiger partial charge in [-0.3, -0.25) is 9.59 Å². The van der Waals surface area contributed by atoms with Gasteiger partial charge < -0.3 is 14.8 Å². The van der Waals surface area contributed by atoms with Crippen molar-refractivity contribution in [3.8, 4) is 0 Å². The molecule has 1 N–H and O–H groups in total. The Morgan fingerprint density at radius 3 is 2.89 bits per heavy atom. The third-order valence-corrected chi connectivity index (χ3v) is 4.23. The lowest BCUT2D eigenvalue weighted by Crippen LogP contribution is -2.52. The highest BCUT2D eigenvalue weighted by Crippen LogP contribution is 2.07. The van der Waals surface area contributed by atoms with Crippen molar-refractivity contribution in [3.05, 3.63) is 20.7 Å². The van der Waals surface area contributed by atoms with Gasteiger partial charge in [0.15, 0.2) is 0 Å². The number of nitrogens with zero attached hydrogens (tertiary/aromatic N) is 2. The van der Waals surface area contributed by atoms with Gasteiger partial charge in [-0.2, -0.15) is 0 Å². The van der Waals surface area contributed by atoms with Crippen LogP contribution < -0.4 is 10.2 Å². The Kier molecular flexibility index (Phi) is 6.03. The Morgan fingerprint density at radius 1 is 1.58 bits per heavy atom. The number of carbonyl (C=O) groups excluding carboxylic acids is 1. The molecule has 1 saturated heterocycles. The van der Waals surface area contributed by atoms with Crippen LogP contribution in [-0.4, -0.2) is 41.1 Å². The minimum absolute atomic E-state index is 0. The largest absolute Gasteiger partial charge is 0.337 e. The van der Waals surface area contributed by atoms with Crippen molar-refractivity contribution in [2.75, 3.05) is 19.6 Å².